The first-order valence-corrected chi connectivity index (χ1v) is 5.54. The number of urea groups is 1. The van der Waals surface area contributed by atoms with E-state index in [1.165, 1.54) is 6.92 Å². The van der Waals surface area contributed by atoms with Gasteiger partial charge in [-0.2, -0.15) is 0 Å². The van der Waals surface area contributed by atoms with Crippen LogP contribution in [-0.4, -0.2) is 23.1 Å². The second-order valence-corrected chi connectivity index (χ2v) is 3.98. The van der Waals surface area contributed by atoms with Gasteiger partial charge in [0.15, 0.2) is 0 Å². The van der Waals surface area contributed by atoms with Crippen LogP contribution in [0.3, 0.4) is 0 Å². The van der Waals surface area contributed by atoms with Gasteiger partial charge in [0.1, 0.15) is 17.7 Å². The molecular weight excluding hydrogens is 270 g/mol. The highest BCUT2D eigenvalue weighted by Crippen LogP contribution is 2.18. The lowest BCUT2D eigenvalue weighted by Gasteiger charge is -2.13. The van der Waals surface area contributed by atoms with Crippen LogP contribution in [0.15, 0.2) is 12.1 Å². The molecule has 5 nitrogen and oxygen atoms in total. The Morgan fingerprint density at radius 3 is 2.60 bits per heavy atom. The number of halogens is 2. The first-order chi connectivity index (χ1) is 9.35. The zero-order valence-corrected chi connectivity index (χ0v) is 10.5. The van der Waals surface area contributed by atoms with Gasteiger partial charge in [0.05, 0.1) is 5.69 Å². The summed E-state index contributed by atoms with van der Waals surface area (Å²) in [5.74, 6) is -0.761. The molecule has 20 heavy (non-hydrogen) atoms. The average molecular weight is 282 g/mol. The monoisotopic (exact) mass is 282 g/mol. The fourth-order valence-corrected chi connectivity index (χ4v) is 1.38. The van der Waals surface area contributed by atoms with Crippen LogP contribution in [0.25, 0.3) is 0 Å². The van der Waals surface area contributed by atoms with Gasteiger partial charge < -0.3 is 15.7 Å². The van der Waals surface area contributed by atoms with E-state index in [1.807, 2.05) is 10.6 Å². The van der Waals surface area contributed by atoms with Gasteiger partial charge in [0.2, 0.25) is 0 Å². The van der Waals surface area contributed by atoms with Crippen LogP contribution < -0.4 is 10.6 Å². The number of benzene rings is 1. The Morgan fingerprint density at radius 1 is 1.40 bits per heavy atom. The fraction of sp³-hybridized carbons (Fsp3) is 0.231. The van der Waals surface area contributed by atoms with E-state index >= 15 is 0 Å². The van der Waals surface area contributed by atoms with Gasteiger partial charge in [-0.1, -0.05) is 0 Å². The second-order valence-electron chi connectivity index (χ2n) is 3.98. The number of anilines is 1. The van der Waals surface area contributed by atoms with E-state index < -0.39 is 35.4 Å². The van der Waals surface area contributed by atoms with Crippen molar-refractivity contribution in [2.75, 3.05) is 5.32 Å². The molecule has 0 fully saturated rings. The van der Waals surface area contributed by atoms with E-state index in [2.05, 4.69) is 5.92 Å². The van der Waals surface area contributed by atoms with Crippen molar-refractivity contribution < 1.29 is 23.5 Å². The Labute approximate surface area is 114 Å². The predicted octanol–water partition coefficient (Wildman–Crippen LogP) is 1.87. The van der Waals surface area contributed by atoms with Crippen LogP contribution in [0.5, 0.6) is 0 Å². The molecule has 1 aromatic rings. The molecule has 0 aliphatic heterocycles. The highest BCUT2D eigenvalue weighted by atomic mass is 19.1. The zero-order chi connectivity index (χ0) is 15.3. The summed E-state index contributed by atoms with van der Waals surface area (Å²) in [7, 11) is 0. The number of amides is 2. The van der Waals surface area contributed by atoms with Crippen molar-refractivity contribution in [1.82, 2.24) is 5.32 Å². The Bertz CT molecular complexity index is 582. The maximum atomic E-state index is 13.5. The molecule has 0 aliphatic rings. The Morgan fingerprint density at radius 2 is 2.05 bits per heavy atom. The number of carboxylic acids is 1. The number of carbonyl (C=O) groups is 2. The number of carboxylic acid groups (broad SMARTS) is 1. The van der Waals surface area contributed by atoms with Crippen molar-refractivity contribution in [2.45, 2.75) is 19.4 Å². The molecule has 1 atom stereocenters. The van der Waals surface area contributed by atoms with E-state index in [9.17, 15) is 18.4 Å². The molecule has 0 aromatic heterocycles. The van der Waals surface area contributed by atoms with Crippen LogP contribution >= 0.6 is 0 Å². The Balaban J connectivity index is 2.79. The summed E-state index contributed by atoms with van der Waals surface area (Å²) in [6.45, 7) is 1.37. The number of rotatable bonds is 4. The molecular formula is C13H12F2N2O3. The number of terminal acetylenes is 1. The van der Waals surface area contributed by atoms with Gasteiger partial charge in [0.25, 0.3) is 0 Å². The summed E-state index contributed by atoms with van der Waals surface area (Å²) < 4.78 is 26.7. The van der Waals surface area contributed by atoms with Crippen molar-refractivity contribution in [1.29, 1.82) is 0 Å². The maximum absolute atomic E-state index is 13.5. The molecule has 0 bridgehead atoms. The number of nitrogens with one attached hydrogen (secondary N) is 2. The normalized spacial score (nSPS) is 11.3. The Kier molecular flexibility index (Phi) is 5.03. The van der Waals surface area contributed by atoms with Crippen molar-refractivity contribution in [2.24, 2.45) is 0 Å². The highest BCUT2D eigenvalue weighted by molar-refractivity contribution is 5.92. The predicted molar refractivity (Wildman–Crippen MR) is 68.1 cm³/mol. The molecule has 3 N–H and O–H groups in total. The number of aryl methyl sites for hydroxylation is 1. The smallest absolute Gasteiger partial charge is 0.327 e. The summed E-state index contributed by atoms with van der Waals surface area (Å²) in [4.78, 5) is 22.3. The molecule has 7 heteroatoms. The summed E-state index contributed by atoms with van der Waals surface area (Å²) in [5.41, 5.74) is -0.306. The lowest BCUT2D eigenvalue weighted by atomic mass is 10.2. The lowest BCUT2D eigenvalue weighted by Crippen LogP contribution is -2.42. The number of hydrogen-bond acceptors (Lipinski definition) is 2. The minimum atomic E-state index is -1.33. The number of carbonyl (C=O) groups excluding carboxylic acids is 1. The third kappa shape index (κ3) is 3.95. The molecule has 1 rings (SSSR count). The summed E-state index contributed by atoms with van der Waals surface area (Å²) in [6, 6.07) is -0.574. The van der Waals surface area contributed by atoms with E-state index in [-0.39, 0.29) is 12.0 Å². The van der Waals surface area contributed by atoms with Crippen molar-refractivity contribution in [3.63, 3.8) is 0 Å². The second kappa shape index (κ2) is 6.52. The maximum Gasteiger partial charge on any atom is 0.327 e. The van der Waals surface area contributed by atoms with Crippen LogP contribution in [0.4, 0.5) is 19.3 Å². The minimum absolute atomic E-state index is 0.0872. The van der Waals surface area contributed by atoms with E-state index in [4.69, 9.17) is 11.5 Å². The van der Waals surface area contributed by atoms with Crippen molar-refractivity contribution >= 4 is 17.7 Å². The standard InChI is InChI=1S/C13H12F2N2O3/c1-3-4-10(12(18)19)16-13(20)17-11-6-8(14)7(2)5-9(11)15/h1,5-6,10H,4H2,2H3,(H,18,19)(H2,16,17,20). The van der Waals surface area contributed by atoms with Crippen LogP contribution in [-0.2, 0) is 4.79 Å². The van der Waals surface area contributed by atoms with Crippen LogP contribution in [0.2, 0.25) is 0 Å². The largest absolute Gasteiger partial charge is 0.480 e. The highest BCUT2D eigenvalue weighted by Gasteiger charge is 2.19. The van der Waals surface area contributed by atoms with Crippen molar-refractivity contribution in [3.05, 3.63) is 29.3 Å². The van der Waals surface area contributed by atoms with Crippen molar-refractivity contribution in [3.8, 4) is 12.3 Å². The first kappa shape index (κ1) is 15.4. The quantitative estimate of drug-likeness (QED) is 0.738. The topological polar surface area (TPSA) is 78.4 Å². The third-order valence-electron chi connectivity index (χ3n) is 2.42. The van der Waals surface area contributed by atoms with Crippen LogP contribution in [0, 0.1) is 30.9 Å². The van der Waals surface area contributed by atoms with E-state index in [1.54, 1.807) is 0 Å². The molecule has 0 saturated carbocycles. The van der Waals surface area contributed by atoms with Gasteiger partial charge in [-0.25, -0.2) is 18.4 Å². The SMILES string of the molecule is C#CCC(NC(=O)Nc1cc(F)c(C)cc1F)C(=O)O. The number of aliphatic carboxylic acids is 1. The average Bonchev–Trinajstić information content (AvgIpc) is 2.35. The summed E-state index contributed by atoms with van der Waals surface area (Å²) >= 11 is 0. The Hall–Kier alpha value is -2.62. The van der Waals surface area contributed by atoms with Crippen LogP contribution in [0.1, 0.15) is 12.0 Å². The molecule has 0 spiro atoms. The third-order valence-corrected chi connectivity index (χ3v) is 2.42. The lowest BCUT2D eigenvalue weighted by molar-refractivity contribution is -0.139. The summed E-state index contributed by atoms with van der Waals surface area (Å²) in [6.07, 6.45) is 4.73. The first-order valence-electron chi connectivity index (χ1n) is 5.54. The molecule has 0 heterocycles. The summed E-state index contributed by atoms with van der Waals surface area (Å²) in [5, 5.41) is 12.9. The zero-order valence-electron chi connectivity index (χ0n) is 10.5. The van der Waals surface area contributed by atoms with Gasteiger partial charge in [-0.3, -0.25) is 0 Å². The molecule has 106 valence electrons. The van der Waals surface area contributed by atoms with E-state index in [0.717, 1.165) is 12.1 Å². The van der Waals surface area contributed by atoms with E-state index in [0.29, 0.717) is 0 Å². The molecule has 0 aliphatic carbocycles. The molecule has 0 saturated heterocycles. The molecule has 0 radical (unpaired) electrons. The fourth-order valence-electron chi connectivity index (χ4n) is 1.38. The molecule has 2 amide bonds. The van der Waals surface area contributed by atoms with Gasteiger partial charge >= 0.3 is 12.0 Å². The van der Waals surface area contributed by atoms with Gasteiger partial charge in [-0.15, -0.1) is 12.3 Å². The van der Waals surface area contributed by atoms with Gasteiger partial charge in [0, 0.05) is 12.5 Å². The minimum Gasteiger partial charge on any atom is -0.480 e. The molecule has 1 aromatic carbocycles. The van der Waals surface area contributed by atoms with Gasteiger partial charge in [-0.05, 0) is 18.6 Å². The number of hydrogen-bond donors (Lipinski definition) is 3. The molecule has 1 unspecified atom stereocenters.